The monoisotopic (exact) mass is 445 g/mol. The minimum absolute atomic E-state index is 0.0280. The van der Waals surface area contributed by atoms with Gasteiger partial charge in [-0.2, -0.15) is 0 Å². The van der Waals surface area contributed by atoms with Crippen LogP contribution >= 0.6 is 0 Å². The van der Waals surface area contributed by atoms with E-state index in [0.717, 1.165) is 5.56 Å². The highest BCUT2D eigenvalue weighted by Crippen LogP contribution is 2.44. The molecule has 3 aromatic carbocycles. The molecule has 0 atom stereocenters. The molecule has 8 heteroatoms. The number of hydrogen-bond acceptors (Lipinski definition) is 6. The van der Waals surface area contributed by atoms with E-state index >= 15 is 0 Å². The normalized spacial score (nSPS) is 10.5. The summed E-state index contributed by atoms with van der Waals surface area (Å²) in [5.74, 6) is -0.659. The van der Waals surface area contributed by atoms with E-state index in [0.29, 0.717) is 28.1 Å². The van der Waals surface area contributed by atoms with E-state index in [4.69, 9.17) is 16.9 Å². The fourth-order valence-electron chi connectivity index (χ4n) is 3.44. The van der Waals surface area contributed by atoms with Gasteiger partial charge in [-0.1, -0.05) is 36.4 Å². The first-order valence-electron chi connectivity index (χ1n) is 10.3. The molecule has 0 radical (unpaired) electrons. The van der Waals surface area contributed by atoms with Gasteiger partial charge in [-0.3, -0.25) is 15.2 Å². The number of benzene rings is 3. The molecule has 0 saturated carbocycles. The number of hydrogen-bond donors (Lipinski definition) is 6. The summed E-state index contributed by atoms with van der Waals surface area (Å²) in [7, 11) is 0. The van der Waals surface area contributed by atoms with Crippen LogP contribution in [0.1, 0.15) is 30.5 Å². The second kappa shape index (κ2) is 9.86. The molecule has 0 saturated heterocycles. The third-order valence-corrected chi connectivity index (χ3v) is 4.97. The summed E-state index contributed by atoms with van der Waals surface area (Å²) in [5, 5.41) is 32.0. The molecule has 1 amide bonds. The van der Waals surface area contributed by atoms with E-state index in [9.17, 15) is 15.0 Å². The summed E-state index contributed by atoms with van der Waals surface area (Å²) >= 11 is 0. The number of aromatic hydroxyl groups is 2. The van der Waals surface area contributed by atoms with Gasteiger partial charge < -0.3 is 27.0 Å². The van der Waals surface area contributed by atoms with Gasteiger partial charge in [0.25, 0.3) is 0 Å². The molecule has 33 heavy (non-hydrogen) atoms. The molecule has 0 aliphatic heterocycles. The van der Waals surface area contributed by atoms with Gasteiger partial charge in [0.2, 0.25) is 5.91 Å². The molecule has 3 rings (SSSR count). The lowest BCUT2D eigenvalue weighted by molar-refractivity contribution is -0.120. The summed E-state index contributed by atoms with van der Waals surface area (Å²) < 4.78 is 0. The lowest BCUT2D eigenvalue weighted by Crippen LogP contribution is -2.25. The summed E-state index contributed by atoms with van der Waals surface area (Å²) in [6.45, 7) is 3.79. The van der Waals surface area contributed by atoms with E-state index < -0.39 is 0 Å². The van der Waals surface area contributed by atoms with Crippen LogP contribution in [0.5, 0.6) is 11.5 Å². The fourth-order valence-corrected chi connectivity index (χ4v) is 3.44. The Morgan fingerprint density at radius 1 is 1.09 bits per heavy atom. The van der Waals surface area contributed by atoms with Crippen molar-refractivity contribution >= 4 is 28.8 Å². The van der Waals surface area contributed by atoms with E-state index in [-0.39, 0.29) is 47.5 Å². The van der Waals surface area contributed by atoms with Gasteiger partial charge in [0.1, 0.15) is 23.0 Å². The molecule has 0 spiro atoms. The smallest absolute Gasteiger partial charge is 0.224 e. The second-order valence-electron chi connectivity index (χ2n) is 7.87. The minimum Gasteiger partial charge on any atom is -0.507 e. The van der Waals surface area contributed by atoms with Crippen LogP contribution in [0.3, 0.4) is 0 Å². The van der Waals surface area contributed by atoms with Crippen molar-refractivity contribution in [3.05, 3.63) is 71.3 Å². The summed E-state index contributed by atoms with van der Waals surface area (Å²) in [5.41, 5.74) is 15.3. The Balaban J connectivity index is 1.92. The molecule has 8 N–H and O–H groups in total. The molecule has 8 nitrogen and oxygen atoms in total. The molecular weight excluding hydrogens is 418 g/mol. The number of nitrogen functional groups attached to an aromatic ring is 2. The number of nitrogens with zero attached hydrogens (tertiary/aromatic N) is 1. The summed E-state index contributed by atoms with van der Waals surface area (Å²) in [4.78, 5) is 17.1. The Hall–Kier alpha value is -4.33. The number of nitrogens with two attached hydrogens (primary N) is 2. The van der Waals surface area contributed by atoms with Crippen molar-refractivity contribution in [1.82, 2.24) is 5.32 Å². The van der Waals surface area contributed by atoms with E-state index in [1.54, 1.807) is 62.4 Å². The van der Waals surface area contributed by atoms with Crippen molar-refractivity contribution in [3.8, 4) is 22.6 Å². The molecular formula is C25H27N5O3. The lowest BCUT2D eigenvalue weighted by Gasteiger charge is -2.16. The number of nitrogens with one attached hydrogen (secondary N) is 2. The summed E-state index contributed by atoms with van der Waals surface area (Å²) in [6, 6.07) is 15.2. The van der Waals surface area contributed by atoms with Gasteiger partial charge >= 0.3 is 0 Å². The molecule has 170 valence electrons. The van der Waals surface area contributed by atoms with Gasteiger partial charge in [-0.05, 0) is 37.1 Å². The summed E-state index contributed by atoms with van der Waals surface area (Å²) in [6.07, 6.45) is -0.179. The van der Waals surface area contributed by atoms with Gasteiger partial charge in [0.15, 0.2) is 0 Å². The van der Waals surface area contributed by atoms with Crippen LogP contribution in [0.2, 0.25) is 0 Å². The second-order valence-corrected chi connectivity index (χ2v) is 7.87. The Morgan fingerprint density at radius 2 is 1.79 bits per heavy atom. The van der Waals surface area contributed by atoms with Crippen LogP contribution < -0.4 is 16.8 Å². The molecule has 0 aliphatic carbocycles. The Bertz CT molecular complexity index is 1230. The first-order valence-corrected chi connectivity index (χ1v) is 10.3. The fraction of sp³-hybridized carbons (Fsp3) is 0.160. The highest BCUT2D eigenvalue weighted by molar-refractivity contribution is 5.95. The molecule has 0 heterocycles. The number of rotatable bonds is 7. The first kappa shape index (κ1) is 23.3. The lowest BCUT2D eigenvalue weighted by atomic mass is 9.94. The van der Waals surface area contributed by atoms with Crippen molar-refractivity contribution in [3.63, 3.8) is 0 Å². The quantitative estimate of drug-likeness (QED) is 0.142. The van der Waals surface area contributed by atoms with Crippen LogP contribution in [-0.2, 0) is 17.8 Å². The van der Waals surface area contributed by atoms with Gasteiger partial charge in [0, 0.05) is 40.7 Å². The molecule has 0 aromatic heterocycles. The molecule has 0 aliphatic rings. The Labute approximate surface area is 192 Å². The van der Waals surface area contributed by atoms with E-state index in [1.165, 1.54) is 6.07 Å². The van der Waals surface area contributed by atoms with Crippen LogP contribution in [0.15, 0.2) is 59.6 Å². The molecule has 0 bridgehead atoms. The zero-order chi connectivity index (χ0) is 24.1. The number of anilines is 1. The highest BCUT2D eigenvalue weighted by atomic mass is 16.3. The largest absolute Gasteiger partial charge is 0.507 e. The maximum Gasteiger partial charge on any atom is 0.224 e. The predicted octanol–water partition coefficient (Wildman–Crippen LogP) is 3.60. The number of phenolic OH excluding ortho intramolecular Hbond substituents is 2. The van der Waals surface area contributed by atoms with E-state index in [2.05, 4.69) is 10.3 Å². The SMILES string of the molecule is CC(C)=Nc1cc(O)c(-c2cccc(N)c2)c(CC(=O)NCc2ccc(C(=N)N)cc2)c1O. The van der Waals surface area contributed by atoms with E-state index in [1.807, 2.05) is 0 Å². The van der Waals surface area contributed by atoms with Gasteiger partial charge in [-0.15, -0.1) is 0 Å². The topological polar surface area (TPSA) is 158 Å². The van der Waals surface area contributed by atoms with Crippen LogP contribution in [0.4, 0.5) is 11.4 Å². The Kier molecular flexibility index (Phi) is 6.97. The zero-order valence-corrected chi connectivity index (χ0v) is 18.5. The number of amides is 1. The molecule has 3 aromatic rings. The maximum absolute atomic E-state index is 12.8. The zero-order valence-electron chi connectivity index (χ0n) is 18.5. The number of carbonyl (C=O) groups excluding carboxylic acids is 1. The van der Waals surface area contributed by atoms with Crippen LogP contribution in [0, 0.1) is 5.41 Å². The third kappa shape index (κ3) is 5.68. The third-order valence-electron chi connectivity index (χ3n) is 4.97. The number of phenols is 2. The highest BCUT2D eigenvalue weighted by Gasteiger charge is 2.21. The van der Waals surface area contributed by atoms with Crippen LogP contribution in [-0.4, -0.2) is 27.7 Å². The molecule has 0 fully saturated rings. The van der Waals surface area contributed by atoms with Gasteiger partial charge in [-0.25, -0.2) is 0 Å². The Morgan fingerprint density at radius 3 is 2.39 bits per heavy atom. The number of amidine groups is 1. The standard InChI is InChI=1S/C25H27N5O3/c1-14(2)30-20-12-21(31)23(17-4-3-5-18(26)10-17)19(24(20)33)11-22(32)29-13-15-6-8-16(9-7-15)25(27)28/h3-10,12,31,33H,11,13,26H2,1-2H3,(H3,27,28)(H,29,32). The van der Waals surface area contributed by atoms with Crippen molar-refractivity contribution in [2.75, 3.05) is 5.73 Å². The first-order chi connectivity index (χ1) is 15.7. The average molecular weight is 446 g/mol. The van der Waals surface area contributed by atoms with Crippen molar-refractivity contribution in [2.24, 2.45) is 10.7 Å². The van der Waals surface area contributed by atoms with Gasteiger partial charge in [0.05, 0.1) is 6.42 Å². The molecule has 0 unspecified atom stereocenters. The predicted molar refractivity (Wildman–Crippen MR) is 131 cm³/mol. The van der Waals surface area contributed by atoms with Crippen molar-refractivity contribution < 1.29 is 15.0 Å². The average Bonchev–Trinajstić information content (AvgIpc) is 2.75. The maximum atomic E-state index is 12.8. The van der Waals surface area contributed by atoms with Crippen molar-refractivity contribution in [2.45, 2.75) is 26.8 Å². The van der Waals surface area contributed by atoms with Crippen molar-refractivity contribution in [1.29, 1.82) is 5.41 Å². The minimum atomic E-state index is -0.347. The number of carbonyl (C=O) groups is 1. The van der Waals surface area contributed by atoms with Crippen LogP contribution in [0.25, 0.3) is 11.1 Å². The number of aliphatic imine (C=N–C) groups is 1.